The smallest absolute Gasteiger partial charge is 0.243 e. The number of carbonyl (C=O) groups excluding carboxylic acids is 2. The predicted molar refractivity (Wildman–Crippen MR) is 132 cm³/mol. The van der Waals surface area contributed by atoms with E-state index in [1.807, 2.05) is 25.1 Å². The molecule has 1 aliphatic heterocycles. The van der Waals surface area contributed by atoms with Crippen molar-refractivity contribution < 1.29 is 23.5 Å². The van der Waals surface area contributed by atoms with Crippen molar-refractivity contribution in [3.8, 4) is 11.5 Å². The molecule has 188 valence electrons. The Morgan fingerprint density at radius 1 is 1.00 bits per heavy atom. The van der Waals surface area contributed by atoms with Crippen LogP contribution in [0.15, 0.2) is 42.5 Å². The van der Waals surface area contributed by atoms with Crippen LogP contribution in [0.4, 0.5) is 4.39 Å². The third-order valence-electron chi connectivity index (χ3n) is 6.84. The number of aryl methyl sites for hydroxylation is 1. The summed E-state index contributed by atoms with van der Waals surface area (Å²) in [7, 11) is 0. The van der Waals surface area contributed by atoms with E-state index < -0.39 is 6.04 Å². The minimum atomic E-state index is -0.574. The summed E-state index contributed by atoms with van der Waals surface area (Å²) < 4.78 is 24.7. The molecule has 0 spiro atoms. The number of rotatable bonds is 9. The van der Waals surface area contributed by atoms with Gasteiger partial charge in [0, 0.05) is 19.0 Å². The van der Waals surface area contributed by atoms with Gasteiger partial charge in [0.1, 0.15) is 25.1 Å². The third kappa shape index (κ3) is 6.74. The number of halogens is 1. The first kappa shape index (κ1) is 25.0. The van der Waals surface area contributed by atoms with E-state index in [-0.39, 0.29) is 36.6 Å². The van der Waals surface area contributed by atoms with Crippen molar-refractivity contribution in [2.75, 3.05) is 13.2 Å². The van der Waals surface area contributed by atoms with Crippen LogP contribution < -0.4 is 14.8 Å². The molecule has 0 bridgehead atoms. The van der Waals surface area contributed by atoms with Crippen molar-refractivity contribution in [1.82, 2.24) is 10.2 Å². The van der Waals surface area contributed by atoms with Crippen LogP contribution in [0, 0.1) is 5.82 Å². The van der Waals surface area contributed by atoms with Gasteiger partial charge in [0.25, 0.3) is 0 Å². The summed E-state index contributed by atoms with van der Waals surface area (Å²) in [4.78, 5) is 28.4. The third-order valence-corrected chi connectivity index (χ3v) is 6.84. The van der Waals surface area contributed by atoms with Crippen molar-refractivity contribution in [3.05, 3.63) is 59.4 Å². The fourth-order valence-electron chi connectivity index (χ4n) is 4.89. The fourth-order valence-corrected chi connectivity index (χ4v) is 4.89. The zero-order chi connectivity index (χ0) is 24.6. The van der Waals surface area contributed by atoms with Crippen LogP contribution >= 0.6 is 0 Å². The molecular formula is C28H35FN2O4. The minimum absolute atomic E-state index is 0.102. The number of fused-ring (bicyclic) bond motifs is 1. The van der Waals surface area contributed by atoms with E-state index in [4.69, 9.17) is 9.47 Å². The Kier molecular flexibility index (Phi) is 8.61. The number of benzene rings is 2. The zero-order valence-electron chi connectivity index (χ0n) is 20.4. The van der Waals surface area contributed by atoms with Gasteiger partial charge < -0.3 is 19.7 Å². The Bertz CT molecular complexity index is 1000. The van der Waals surface area contributed by atoms with E-state index in [1.54, 1.807) is 17.0 Å². The van der Waals surface area contributed by atoms with Gasteiger partial charge in [-0.15, -0.1) is 0 Å². The zero-order valence-corrected chi connectivity index (χ0v) is 20.4. The second-order valence-electron chi connectivity index (χ2n) is 9.39. The van der Waals surface area contributed by atoms with Crippen LogP contribution in [0.3, 0.4) is 0 Å². The van der Waals surface area contributed by atoms with Gasteiger partial charge in [0.2, 0.25) is 11.8 Å². The van der Waals surface area contributed by atoms with Gasteiger partial charge in [-0.05, 0) is 61.1 Å². The molecule has 1 aliphatic carbocycles. The molecule has 1 atom stereocenters. The maximum atomic E-state index is 13.5. The summed E-state index contributed by atoms with van der Waals surface area (Å²) >= 11 is 0. The number of carbonyl (C=O) groups is 2. The molecule has 6 nitrogen and oxygen atoms in total. The SMILES string of the molecule is CC[C@H](C(=O)NC1CCCCC1)N(Cc1ccc(F)cc1)C(=O)CCc1ccc2c(c1)OCCO2. The summed E-state index contributed by atoms with van der Waals surface area (Å²) in [5.74, 6) is 0.883. The monoisotopic (exact) mass is 482 g/mol. The van der Waals surface area contributed by atoms with E-state index in [1.165, 1.54) is 18.6 Å². The molecule has 2 amide bonds. The van der Waals surface area contributed by atoms with Gasteiger partial charge in [-0.1, -0.05) is 44.4 Å². The number of hydrogen-bond acceptors (Lipinski definition) is 4. The molecule has 35 heavy (non-hydrogen) atoms. The summed E-state index contributed by atoms with van der Waals surface area (Å²) in [6, 6.07) is 11.4. The topological polar surface area (TPSA) is 67.9 Å². The number of nitrogens with zero attached hydrogens (tertiary/aromatic N) is 1. The van der Waals surface area contributed by atoms with Crippen LogP contribution in [0.2, 0.25) is 0 Å². The highest BCUT2D eigenvalue weighted by atomic mass is 19.1. The first-order chi connectivity index (χ1) is 17.0. The van der Waals surface area contributed by atoms with Crippen molar-refractivity contribution in [1.29, 1.82) is 0 Å². The first-order valence-corrected chi connectivity index (χ1v) is 12.8. The summed E-state index contributed by atoms with van der Waals surface area (Å²) in [6.45, 7) is 3.23. The lowest BCUT2D eigenvalue weighted by molar-refractivity contribution is -0.141. The molecule has 2 aliphatic rings. The molecule has 7 heteroatoms. The largest absolute Gasteiger partial charge is 0.486 e. The molecule has 0 saturated heterocycles. The molecule has 2 aromatic rings. The maximum Gasteiger partial charge on any atom is 0.243 e. The quantitative estimate of drug-likeness (QED) is 0.558. The van der Waals surface area contributed by atoms with Gasteiger partial charge in [0.05, 0.1) is 0 Å². The van der Waals surface area contributed by atoms with Crippen LogP contribution in [0.25, 0.3) is 0 Å². The number of amides is 2. The molecular weight excluding hydrogens is 447 g/mol. The summed E-state index contributed by atoms with van der Waals surface area (Å²) in [6.07, 6.45) is 6.71. The van der Waals surface area contributed by atoms with Gasteiger partial charge in [0.15, 0.2) is 11.5 Å². The minimum Gasteiger partial charge on any atom is -0.486 e. The van der Waals surface area contributed by atoms with E-state index in [9.17, 15) is 14.0 Å². The molecule has 0 aromatic heterocycles. The molecule has 0 radical (unpaired) electrons. The van der Waals surface area contributed by atoms with Crippen molar-refractivity contribution in [3.63, 3.8) is 0 Å². The van der Waals surface area contributed by atoms with E-state index in [0.717, 1.165) is 42.6 Å². The van der Waals surface area contributed by atoms with Crippen LogP contribution in [-0.2, 0) is 22.6 Å². The molecule has 1 saturated carbocycles. The van der Waals surface area contributed by atoms with E-state index in [2.05, 4.69) is 5.32 Å². The Labute approximate surface area is 206 Å². The van der Waals surface area contributed by atoms with Gasteiger partial charge in [-0.3, -0.25) is 9.59 Å². The number of hydrogen-bond donors (Lipinski definition) is 1. The molecule has 4 rings (SSSR count). The number of nitrogens with one attached hydrogen (secondary N) is 1. The Morgan fingerprint density at radius 3 is 2.40 bits per heavy atom. The Balaban J connectivity index is 1.47. The second kappa shape index (κ2) is 12.0. The normalized spacial score (nSPS) is 16.4. The average molecular weight is 483 g/mol. The molecule has 2 aromatic carbocycles. The standard InChI is InChI=1S/C28H35FN2O4/c1-2-24(28(33)30-23-6-4-3-5-7-23)31(19-21-8-12-22(29)13-9-21)27(32)15-11-20-10-14-25-26(18-20)35-17-16-34-25/h8-10,12-14,18,23-24H,2-7,11,15-17,19H2,1H3,(H,30,33)/t24-/m1/s1. The predicted octanol–water partition coefficient (Wildman–Crippen LogP) is 4.79. The summed E-state index contributed by atoms with van der Waals surface area (Å²) in [5, 5.41) is 3.18. The van der Waals surface area contributed by atoms with Crippen molar-refractivity contribution >= 4 is 11.8 Å². The molecule has 0 unspecified atom stereocenters. The fraction of sp³-hybridized carbons (Fsp3) is 0.500. The van der Waals surface area contributed by atoms with E-state index in [0.29, 0.717) is 31.8 Å². The highest BCUT2D eigenvalue weighted by Crippen LogP contribution is 2.31. The summed E-state index contributed by atoms with van der Waals surface area (Å²) in [5.41, 5.74) is 1.77. The van der Waals surface area contributed by atoms with Crippen LogP contribution in [0.1, 0.15) is 63.0 Å². The van der Waals surface area contributed by atoms with Crippen LogP contribution in [-0.4, -0.2) is 42.0 Å². The molecule has 1 N–H and O–H groups in total. The van der Waals surface area contributed by atoms with Gasteiger partial charge in [-0.25, -0.2) is 4.39 Å². The highest BCUT2D eigenvalue weighted by molar-refractivity contribution is 5.88. The lowest BCUT2D eigenvalue weighted by atomic mass is 9.95. The maximum absolute atomic E-state index is 13.5. The number of ether oxygens (including phenoxy) is 2. The molecule has 1 fully saturated rings. The van der Waals surface area contributed by atoms with Gasteiger partial charge >= 0.3 is 0 Å². The van der Waals surface area contributed by atoms with E-state index >= 15 is 0 Å². The first-order valence-electron chi connectivity index (χ1n) is 12.8. The van der Waals surface area contributed by atoms with Crippen molar-refractivity contribution in [2.45, 2.75) is 76.9 Å². The van der Waals surface area contributed by atoms with Gasteiger partial charge in [-0.2, -0.15) is 0 Å². The van der Waals surface area contributed by atoms with Crippen LogP contribution in [0.5, 0.6) is 11.5 Å². The highest BCUT2D eigenvalue weighted by Gasteiger charge is 2.30. The average Bonchev–Trinajstić information content (AvgIpc) is 2.88. The Hall–Kier alpha value is -3.09. The molecule has 1 heterocycles. The lowest BCUT2D eigenvalue weighted by Crippen LogP contribution is -2.51. The lowest BCUT2D eigenvalue weighted by Gasteiger charge is -2.33. The van der Waals surface area contributed by atoms with Crippen molar-refractivity contribution in [2.24, 2.45) is 0 Å². The second-order valence-corrected chi connectivity index (χ2v) is 9.39. The Morgan fingerprint density at radius 2 is 1.69 bits per heavy atom.